The third-order valence-corrected chi connectivity index (χ3v) is 2.91. The summed E-state index contributed by atoms with van der Waals surface area (Å²) < 4.78 is 9.55. The molecule has 0 aliphatic heterocycles. The number of nitrogens with one attached hydrogen (secondary N) is 1. The summed E-state index contributed by atoms with van der Waals surface area (Å²) in [6.07, 6.45) is 6.12. The summed E-state index contributed by atoms with van der Waals surface area (Å²) in [7, 11) is 0. The fourth-order valence-corrected chi connectivity index (χ4v) is 1.99. The van der Waals surface area contributed by atoms with Gasteiger partial charge in [-0.1, -0.05) is 12.2 Å². The van der Waals surface area contributed by atoms with E-state index in [-0.39, 0.29) is 31.5 Å². The van der Waals surface area contributed by atoms with Gasteiger partial charge < -0.3 is 14.8 Å². The average Bonchev–Trinajstić information content (AvgIpc) is 2.89. The summed E-state index contributed by atoms with van der Waals surface area (Å²) in [6.45, 7) is 3.53. The van der Waals surface area contributed by atoms with Gasteiger partial charge in [-0.05, 0) is 32.6 Å². The number of rotatable bonds is 7. The Kier molecular flexibility index (Phi) is 6.76. The maximum atomic E-state index is 11.9. The number of allylic oxidation sites excluding steroid dienone is 2. The molecule has 0 bridgehead atoms. The number of carbonyl (C=O) groups excluding carboxylic acids is 3. The first-order chi connectivity index (χ1) is 9.58. The van der Waals surface area contributed by atoms with Crippen molar-refractivity contribution in [2.45, 2.75) is 39.2 Å². The predicted octanol–water partition coefficient (Wildman–Crippen LogP) is 0.954. The van der Waals surface area contributed by atoms with Gasteiger partial charge in [0, 0.05) is 6.42 Å². The zero-order valence-electron chi connectivity index (χ0n) is 11.9. The lowest BCUT2D eigenvalue weighted by Crippen LogP contribution is -2.48. The summed E-state index contributed by atoms with van der Waals surface area (Å²) in [4.78, 5) is 35.2. The first kappa shape index (κ1) is 16.2. The monoisotopic (exact) mass is 283 g/mol. The Morgan fingerprint density at radius 2 is 1.80 bits per heavy atom. The molecular weight excluding hydrogens is 262 g/mol. The second kappa shape index (κ2) is 8.35. The third-order valence-electron chi connectivity index (χ3n) is 2.91. The maximum Gasteiger partial charge on any atom is 0.340 e. The van der Waals surface area contributed by atoms with Crippen LogP contribution in [0.15, 0.2) is 12.2 Å². The molecule has 112 valence electrons. The van der Waals surface area contributed by atoms with Crippen molar-refractivity contribution in [3.05, 3.63) is 12.2 Å². The molecule has 1 unspecified atom stereocenters. The standard InChI is InChI=1S/C14H21NO5/c1-3-19-13(17)12(14(18)20-4-2)15-11(16)9-10-7-5-6-8-10/h5,7,10,12H,3-4,6,8-9H2,1-2H3,(H,15,16). The van der Waals surface area contributed by atoms with Gasteiger partial charge in [0.1, 0.15) is 0 Å². The van der Waals surface area contributed by atoms with Crippen molar-refractivity contribution in [3.63, 3.8) is 0 Å². The van der Waals surface area contributed by atoms with Crippen molar-refractivity contribution in [1.82, 2.24) is 5.32 Å². The molecule has 0 aromatic rings. The van der Waals surface area contributed by atoms with Crippen LogP contribution in [0.25, 0.3) is 0 Å². The van der Waals surface area contributed by atoms with Gasteiger partial charge in [0.05, 0.1) is 13.2 Å². The Morgan fingerprint density at radius 3 is 2.25 bits per heavy atom. The van der Waals surface area contributed by atoms with E-state index in [1.165, 1.54) is 0 Å². The molecule has 0 saturated heterocycles. The lowest BCUT2D eigenvalue weighted by Gasteiger charge is -2.16. The van der Waals surface area contributed by atoms with E-state index >= 15 is 0 Å². The van der Waals surface area contributed by atoms with Gasteiger partial charge in [-0.15, -0.1) is 0 Å². The Hall–Kier alpha value is -1.85. The predicted molar refractivity (Wildman–Crippen MR) is 71.7 cm³/mol. The quantitative estimate of drug-likeness (QED) is 0.427. The molecule has 6 nitrogen and oxygen atoms in total. The minimum atomic E-state index is -1.38. The largest absolute Gasteiger partial charge is 0.464 e. The first-order valence-electron chi connectivity index (χ1n) is 6.87. The van der Waals surface area contributed by atoms with Crippen LogP contribution in [0.2, 0.25) is 0 Å². The van der Waals surface area contributed by atoms with Crippen LogP contribution in [0, 0.1) is 5.92 Å². The minimum Gasteiger partial charge on any atom is -0.464 e. The maximum absolute atomic E-state index is 11.9. The Balaban J connectivity index is 2.57. The first-order valence-corrected chi connectivity index (χ1v) is 6.87. The van der Waals surface area contributed by atoms with Crippen LogP contribution in [0.5, 0.6) is 0 Å². The van der Waals surface area contributed by atoms with Crippen LogP contribution in [-0.2, 0) is 23.9 Å². The van der Waals surface area contributed by atoms with Crippen molar-refractivity contribution >= 4 is 17.8 Å². The summed E-state index contributed by atoms with van der Waals surface area (Å²) in [6, 6.07) is -1.38. The highest BCUT2D eigenvalue weighted by atomic mass is 16.6. The van der Waals surface area contributed by atoms with Crippen LogP contribution >= 0.6 is 0 Å². The van der Waals surface area contributed by atoms with Gasteiger partial charge in [-0.25, -0.2) is 9.59 Å². The second-order valence-corrected chi connectivity index (χ2v) is 4.47. The van der Waals surface area contributed by atoms with Crippen molar-refractivity contribution in [2.75, 3.05) is 13.2 Å². The minimum absolute atomic E-state index is 0.135. The topological polar surface area (TPSA) is 81.7 Å². The van der Waals surface area contributed by atoms with E-state index < -0.39 is 18.0 Å². The van der Waals surface area contributed by atoms with Crippen LogP contribution in [0.3, 0.4) is 0 Å². The number of ether oxygens (including phenoxy) is 2. The number of hydrogen-bond donors (Lipinski definition) is 1. The van der Waals surface area contributed by atoms with Crippen LogP contribution in [0.1, 0.15) is 33.1 Å². The summed E-state index contributed by atoms with van der Waals surface area (Å²) in [5.74, 6) is -1.77. The van der Waals surface area contributed by atoms with Crippen molar-refractivity contribution in [2.24, 2.45) is 5.92 Å². The lowest BCUT2D eigenvalue weighted by atomic mass is 10.0. The van der Waals surface area contributed by atoms with Crippen LogP contribution in [-0.4, -0.2) is 37.1 Å². The van der Waals surface area contributed by atoms with Crippen molar-refractivity contribution < 1.29 is 23.9 Å². The molecule has 1 amide bonds. The van der Waals surface area contributed by atoms with Gasteiger partial charge in [0.2, 0.25) is 11.9 Å². The molecule has 6 heteroatoms. The van der Waals surface area contributed by atoms with E-state index in [4.69, 9.17) is 9.47 Å². The highest BCUT2D eigenvalue weighted by molar-refractivity contribution is 6.02. The zero-order valence-corrected chi connectivity index (χ0v) is 11.9. The number of hydrogen-bond acceptors (Lipinski definition) is 5. The van der Waals surface area contributed by atoms with Gasteiger partial charge in [0.15, 0.2) is 0 Å². The van der Waals surface area contributed by atoms with E-state index in [2.05, 4.69) is 5.32 Å². The fourth-order valence-electron chi connectivity index (χ4n) is 1.99. The zero-order chi connectivity index (χ0) is 15.0. The van der Waals surface area contributed by atoms with Crippen LogP contribution < -0.4 is 5.32 Å². The highest BCUT2D eigenvalue weighted by Gasteiger charge is 2.31. The lowest BCUT2D eigenvalue weighted by molar-refractivity contribution is -0.159. The van der Waals surface area contributed by atoms with Gasteiger partial charge in [-0.2, -0.15) is 0 Å². The molecular formula is C14H21NO5. The molecule has 1 N–H and O–H groups in total. The molecule has 0 saturated carbocycles. The Morgan fingerprint density at radius 1 is 1.20 bits per heavy atom. The Labute approximate surface area is 118 Å². The van der Waals surface area contributed by atoms with Gasteiger partial charge in [0.25, 0.3) is 0 Å². The molecule has 1 aliphatic carbocycles. The molecule has 1 rings (SSSR count). The van der Waals surface area contributed by atoms with E-state index in [0.717, 1.165) is 12.8 Å². The Bertz CT molecular complexity index is 373. The highest BCUT2D eigenvalue weighted by Crippen LogP contribution is 2.20. The molecule has 0 fully saturated rings. The molecule has 0 heterocycles. The summed E-state index contributed by atoms with van der Waals surface area (Å²) in [5, 5.41) is 2.39. The van der Waals surface area contributed by atoms with Crippen molar-refractivity contribution in [1.29, 1.82) is 0 Å². The van der Waals surface area contributed by atoms with Gasteiger partial charge >= 0.3 is 11.9 Å². The van der Waals surface area contributed by atoms with Gasteiger partial charge in [-0.3, -0.25) is 4.79 Å². The molecule has 0 spiro atoms. The second-order valence-electron chi connectivity index (χ2n) is 4.47. The molecule has 20 heavy (non-hydrogen) atoms. The van der Waals surface area contributed by atoms with E-state index in [1.54, 1.807) is 13.8 Å². The van der Waals surface area contributed by atoms with E-state index in [0.29, 0.717) is 0 Å². The molecule has 1 aliphatic rings. The molecule has 0 radical (unpaired) electrons. The summed E-state index contributed by atoms with van der Waals surface area (Å²) in [5.41, 5.74) is 0. The normalized spacial score (nSPS) is 17.1. The van der Waals surface area contributed by atoms with Crippen molar-refractivity contribution in [3.8, 4) is 0 Å². The van der Waals surface area contributed by atoms with Crippen LogP contribution in [0.4, 0.5) is 0 Å². The number of amides is 1. The molecule has 0 aromatic carbocycles. The molecule has 1 atom stereocenters. The third kappa shape index (κ3) is 5.03. The van der Waals surface area contributed by atoms with E-state index in [9.17, 15) is 14.4 Å². The fraction of sp³-hybridized carbons (Fsp3) is 0.643. The number of esters is 2. The smallest absolute Gasteiger partial charge is 0.340 e. The molecule has 0 aromatic heterocycles. The SMILES string of the molecule is CCOC(=O)C(NC(=O)CC1C=CCC1)C(=O)OCC. The summed E-state index contributed by atoms with van der Waals surface area (Å²) >= 11 is 0. The van der Waals surface area contributed by atoms with E-state index in [1.807, 2.05) is 12.2 Å². The number of carbonyl (C=O) groups is 3. The average molecular weight is 283 g/mol.